The lowest BCUT2D eigenvalue weighted by molar-refractivity contribution is -0.134. The molecule has 0 saturated carbocycles. The molecule has 0 aromatic rings. The van der Waals surface area contributed by atoms with Gasteiger partial charge in [-0.1, -0.05) is 0 Å². The van der Waals surface area contributed by atoms with Crippen molar-refractivity contribution in [2.75, 3.05) is 32.7 Å². The smallest absolute Gasteiger partial charge is 0.410 e. The summed E-state index contributed by atoms with van der Waals surface area (Å²) >= 11 is 0. The van der Waals surface area contributed by atoms with Crippen molar-refractivity contribution in [1.82, 2.24) is 15.1 Å². The summed E-state index contributed by atoms with van der Waals surface area (Å²) in [5.74, 6) is 0.127. The molecule has 1 unspecified atom stereocenters. The summed E-state index contributed by atoms with van der Waals surface area (Å²) in [5, 5.41) is 3.06. The SMILES string of the molecule is CC(C)(C)OC(=O)N1CCC(N2CCNCC2=O)C1. The zero-order chi connectivity index (χ0) is 14.0. The maximum Gasteiger partial charge on any atom is 0.410 e. The largest absolute Gasteiger partial charge is 0.444 e. The molecule has 2 saturated heterocycles. The highest BCUT2D eigenvalue weighted by Gasteiger charge is 2.35. The van der Waals surface area contributed by atoms with Gasteiger partial charge in [0.1, 0.15) is 5.60 Å². The molecule has 0 aromatic carbocycles. The quantitative estimate of drug-likeness (QED) is 0.750. The Kier molecular flexibility index (Phi) is 3.99. The van der Waals surface area contributed by atoms with Gasteiger partial charge in [0.15, 0.2) is 0 Å². The summed E-state index contributed by atoms with van der Waals surface area (Å²) in [7, 11) is 0. The minimum Gasteiger partial charge on any atom is -0.444 e. The minimum atomic E-state index is -0.472. The molecule has 2 aliphatic rings. The van der Waals surface area contributed by atoms with Crippen molar-refractivity contribution in [1.29, 1.82) is 0 Å². The van der Waals surface area contributed by atoms with Gasteiger partial charge >= 0.3 is 6.09 Å². The van der Waals surface area contributed by atoms with E-state index in [1.54, 1.807) is 4.90 Å². The van der Waals surface area contributed by atoms with E-state index in [-0.39, 0.29) is 18.0 Å². The standard InChI is InChI=1S/C13H23N3O3/c1-13(2,3)19-12(18)15-6-4-10(9-15)16-7-5-14-8-11(16)17/h10,14H,4-9H2,1-3H3. The normalized spacial score (nSPS) is 24.8. The number of hydrogen-bond acceptors (Lipinski definition) is 4. The molecule has 6 nitrogen and oxygen atoms in total. The Labute approximate surface area is 114 Å². The van der Waals surface area contributed by atoms with Crippen LogP contribution in [-0.2, 0) is 9.53 Å². The first kappa shape index (κ1) is 14.1. The van der Waals surface area contributed by atoms with Gasteiger partial charge in [-0.25, -0.2) is 4.79 Å². The van der Waals surface area contributed by atoms with Gasteiger partial charge in [-0.05, 0) is 27.2 Å². The molecule has 0 aromatic heterocycles. The zero-order valence-corrected chi connectivity index (χ0v) is 11.9. The Balaban J connectivity index is 1.89. The number of amides is 2. The summed E-state index contributed by atoms with van der Waals surface area (Å²) in [5.41, 5.74) is -0.472. The Morgan fingerprint density at radius 2 is 2.11 bits per heavy atom. The van der Waals surface area contributed by atoms with E-state index >= 15 is 0 Å². The van der Waals surface area contributed by atoms with Gasteiger partial charge in [0.25, 0.3) is 0 Å². The van der Waals surface area contributed by atoms with Crippen molar-refractivity contribution in [2.45, 2.75) is 38.8 Å². The number of ether oxygens (including phenoxy) is 1. The lowest BCUT2D eigenvalue weighted by Crippen LogP contribution is -2.53. The number of hydrogen-bond donors (Lipinski definition) is 1. The number of nitrogens with zero attached hydrogens (tertiary/aromatic N) is 2. The third-order valence-corrected chi connectivity index (χ3v) is 3.38. The molecule has 0 spiro atoms. The van der Waals surface area contributed by atoms with Crippen LogP contribution < -0.4 is 5.32 Å². The molecule has 1 N–H and O–H groups in total. The van der Waals surface area contributed by atoms with Crippen LogP contribution in [0.1, 0.15) is 27.2 Å². The number of likely N-dealkylation sites (tertiary alicyclic amines) is 1. The third kappa shape index (κ3) is 3.59. The highest BCUT2D eigenvalue weighted by molar-refractivity contribution is 5.79. The predicted molar refractivity (Wildman–Crippen MR) is 70.8 cm³/mol. The summed E-state index contributed by atoms with van der Waals surface area (Å²) in [4.78, 5) is 27.4. The van der Waals surface area contributed by atoms with Crippen LogP contribution in [0.3, 0.4) is 0 Å². The Morgan fingerprint density at radius 3 is 2.74 bits per heavy atom. The van der Waals surface area contributed by atoms with Crippen molar-refractivity contribution in [2.24, 2.45) is 0 Å². The average Bonchev–Trinajstić information content (AvgIpc) is 2.76. The molecular weight excluding hydrogens is 246 g/mol. The second-order valence-electron chi connectivity index (χ2n) is 6.13. The molecule has 2 fully saturated rings. The van der Waals surface area contributed by atoms with Crippen molar-refractivity contribution >= 4 is 12.0 Å². The number of carbonyl (C=O) groups is 2. The molecule has 19 heavy (non-hydrogen) atoms. The van der Waals surface area contributed by atoms with Crippen molar-refractivity contribution < 1.29 is 14.3 Å². The van der Waals surface area contributed by atoms with Gasteiger partial charge in [-0.3, -0.25) is 4.79 Å². The van der Waals surface area contributed by atoms with Crippen LogP contribution in [0.4, 0.5) is 4.79 Å². The molecule has 108 valence electrons. The van der Waals surface area contributed by atoms with Crippen LogP contribution in [0, 0.1) is 0 Å². The lowest BCUT2D eigenvalue weighted by atomic mass is 10.2. The Bertz CT molecular complexity index is 365. The Morgan fingerprint density at radius 1 is 1.37 bits per heavy atom. The van der Waals surface area contributed by atoms with E-state index in [1.165, 1.54) is 0 Å². The Hall–Kier alpha value is -1.30. The molecule has 0 aliphatic carbocycles. The first-order valence-corrected chi connectivity index (χ1v) is 6.85. The number of carbonyl (C=O) groups excluding carboxylic acids is 2. The number of piperazine rings is 1. The molecule has 1 atom stereocenters. The molecular formula is C13H23N3O3. The van der Waals surface area contributed by atoms with Crippen molar-refractivity contribution in [3.63, 3.8) is 0 Å². The van der Waals surface area contributed by atoms with Gasteiger partial charge in [0.05, 0.1) is 12.6 Å². The van der Waals surface area contributed by atoms with Crippen molar-refractivity contribution in [3.8, 4) is 0 Å². The van der Waals surface area contributed by atoms with Gasteiger partial charge in [0, 0.05) is 26.2 Å². The fraction of sp³-hybridized carbons (Fsp3) is 0.846. The first-order valence-electron chi connectivity index (χ1n) is 6.85. The molecule has 2 heterocycles. The van der Waals surface area contributed by atoms with Crippen LogP contribution in [0.25, 0.3) is 0 Å². The number of nitrogens with one attached hydrogen (secondary N) is 1. The monoisotopic (exact) mass is 269 g/mol. The van der Waals surface area contributed by atoms with Crippen LogP contribution in [0.5, 0.6) is 0 Å². The molecule has 6 heteroatoms. The van der Waals surface area contributed by atoms with Crippen molar-refractivity contribution in [3.05, 3.63) is 0 Å². The summed E-state index contributed by atoms with van der Waals surface area (Å²) in [6, 6.07) is 0.141. The van der Waals surface area contributed by atoms with Gasteiger partial charge in [0.2, 0.25) is 5.91 Å². The van der Waals surface area contributed by atoms with Crippen LogP contribution >= 0.6 is 0 Å². The molecule has 2 aliphatic heterocycles. The summed E-state index contributed by atoms with van der Waals surface area (Å²) < 4.78 is 5.36. The third-order valence-electron chi connectivity index (χ3n) is 3.38. The van der Waals surface area contributed by atoms with E-state index in [0.717, 1.165) is 19.5 Å². The second kappa shape index (κ2) is 5.36. The lowest BCUT2D eigenvalue weighted by Gasteiger charge is -2.32. The van der Waals surface area contributed by atoms with Gasteiger partial charge in [-0.2, -0.15) is 0 Å². The minimum absolute atomic E-state index is 0.127. The van der Waals surface area contributed by atoms with Crippen LogP contribution in [0.2, 0.25) is 0 Å². The molecule has 0 bridgehead atoms. The second-order valence-corrected chi connectivity index (χ2v) is 6.13. The molecule has 2 amide bonds. The zero-order valence-electron chi connectivity index (χ0n) is 11.9. The van der Waals surface area contributed by atoms with Gasteiger partial charge < -0.3 is 19.9 Å². The van der Waals surface area contributed by atoms with E-state index in [9.17, 15) is 9.59 Å². The molecule has 0 radical (unpaired) electrons. The summed E-state index contributed by atoms with van der Waals surface area (Å²) in [6.45, 7) is 8.79. The van der Waals surface area contributed by atoms with E-state index in [2.05, 4.69) is 5.32 Å². The highest BCUT2D eigenvalue weighted by atomic mass is 16.6. The topological polar surface area (TPSA) is 61.9 Å². The fourth-order valence-corrected chi connectivity index (χ4v) is 2.50. The van der Waals surface area contributed by atoms with Crippen LogP contribution in [-0.4, -0.2) is 66.2 Å². The average molecular weight is 269 g/mol. The maximum absolute atomic E-state index is 12.0. The van der Waals surface area contributed by atoms with Crippen LogP contribution in [0.15, 0.2) is 0 Å². The predicted octanol–water partition coefficient (Wildman–Crippen LogP) is 0.428. The van der Waals surface area contributed by atoms with E-state index in [0.29, 0.717) is 19.6 Å². The maximum atomic E-state index is 12.0. The number of rotatable bonds is 1. The fourth-order valence-electron chi connectivity index (χ4n) is 2.50. The van der Waals surface area contributed by atoms with E-state index < -0.39 is 5.60 Å². The van der Waals surface area contributed by atoms with Gasteiger partial charge in [-0.15, -0.1) is 0 Å². The highest BCUT2D eigenvalue weighted by Crippen LogP contribution is 2.19. The molecule has 2 rings (SSSR count). The first-order chi connectivity index (χ1) is 8.87. The summed E-state index contributed by atoms with van der Waals surface area (Å²) in [6.07, 6.45) is 0.558. The van der Waals surface area contributed by atoms with E-state index in [4.69, 9.17) is 4.74 Å². The van der Waals surface area contributed by atoms with E-state index in [1.807, 2.05) is 25.7 Å².